The van der Waals surface area contributed by atoms with E-state index in [9.17, 15) is 0 Å². The Morgan fingerprint density at radius 2 is 2.30 bits per heavy atom. The maximum absolute atomic E-state index is 8.92. The minimum absolute atomic E-state index is 0.168. The maximum Gasteiger partial charge on any atom is 0.146 e. The molecule has 0 aliphatic heterocycles. The highest BCUT2D eigenvalue weighted by Gasteiger charge is 2.07. The van der Waals surface area contributed by atoms with E-state index in [2.05, 4.69) is 10.2 Å². The molecule has 0 saturated carbocycles. The molecule has 0 aliphatic carbocycles. The van der Waals surface area contributed by atoms with Gasteiger partial charge in [0.15, 0.2) is 0 Å². The Morgan fingerprint density at radius 3 is 2.50 bits per heavy atom. The predicted octanol–water partition coefficient (Wildman–Crippen LogP) is -0.785. The summed E-state index contributed by atoms with van der Waals surface area (Å²) in [5.74, 6) is 0. The van der Waals surface area contributed by atoms with Crippen molar-refractivity contribution in [2.24, 2.45) is 0 Å². The van der Waals surface area contributed by atoms with Crippen LogP contribution >= 0.6 is 10.8 Å². The van der Waals surface area contributed by atoms with Crippen molar-refractivity contribution in [3.8, 4) is 0 Å². The summed E-state index contributed by atoms with van der Waals surface area (Å²) < 4.78 is 18.6. The van der Waals surface area contributed by atoms with Crippen molar-refractivity contribution in [3.05, 3.63) is 6.20 Å². The summed E-state index contributed by atoms with van der Waals surface area (Å²) in [6.07, 6.45) is 2.46. The predicted molar refractivity (Wildman–Crippen MR) is 39.6 cm³/mol. The van der Waals surface area contributed by atoms with Gasteiger partial charge in [0, 0.05) is 5.59 Å². The van der Waals surface area contributed by atoms with E-state index >= 15 is 0 Å². The maximum atomic E-state index is 8.92. The average molecular weight is 159 g/mol. The molecule has 0 fully saturated rings. The summed E-state index contributed by atoms with van der Waals surface area (Å²) in [6.45, 7) is 0. The van der Waals surface area contributed by atoms with Gasteiger partial charge in [-0.15, -0.1) is 10.2 Å². The second-order valence-corrected chi connectivity index (χ2v) is 3.73. The summed E-state index contributed by atoms with van der Waals surface area (Å²) in [5, 5.41) is 7.01. The SMILES string of the molecule is [B]c1cnn(S(C)(O)O)n1. The highest BCUT2D eigenvalue weighted by atomic mass is 32.3. The molecule has 10 heavy (non-hydrogen) atoms. The molecule has 54 valence electrons. The van der Waals surface area contributed by atoms with Crippen molar-refractivity contribution in [1.82, 2.24) is 14.4 Å². The van der Waals surface area contributed by atoms with Gasteiger partial charge < -0.3 is 0 Å². The average Bonchev–Trinajstić information content (AvgIpc) is 2.11. The largest absolute Gasteiger partial charge is 0.279 e. The molecule has 1 heterocycles. The second kappa shape index (κ2) is 2.26. The van der Waals surface area contributed by atoms with Gasteiger partial charge in [-0.3, -0.25) is 9.11 Å². The van der Waals surface area contributed by atoms with Gasteiger partial charge in [0.05, 0.1) is 12.5 Å². The van der Waals surface area contributed by atoms with Crippen LogP contribution in [-0.4, -0.2) is 37.6 Å². The Bertz CT molecular complexity index is 232. The smallest absolute Gasteiger partial charge is 0.146 e. The molecule has 0 amide bonds. The summed E-state index contributed by atoms with van der Waals surface area (Å²) >= 11 is 0. The Balaban J connectivity index is 2.96. The lowest BCUT2D eigenvalue weighted by atomic mass is 10.1. The molecule has 0 bridgehead atoms. The lowest BCUT2D eigenvalue weighted by Gasteiger charge is -2.23. The third-order valence-electron chi connectivity index (χ3n) is 0.799. The van der Waals surface area contributed by atoms with E-state index < -0.39 is 10.8 Å². The topological polar surface area (TPSA) is 71.2 Å². The van der Waals surface area contributed by atoms with E-state index in [1.165, 1.54) is 12.5 Å². The molecule has 7 heteroatoms. The third-order valence-corrected chi connectivity index (χ3v) is 1.59. The Kier molecular flexibility index (Phi) is 1.71. The first-order valence-electron chi connectivity index (χ1n) is 2.42. The number of aromatic nitrogens is 3. The summed E-state index contributed by atoms with van der Waals surface area (Å²) in [7, 11) is 2.30. The lowest BCUT2D eigenvalue weighted by molar-refractivity contribution is 0.466. The van der Waals surface area contributed by atoms with Crippen LogP contribution in [0.4, 0.5) is 0 Å². The fourth-order valence-corrected chi connectivity index (χ4v) is 0.900. The van der Waals surface area contributed by atoms with Crippen LogP contribution in [0.25, 0.3) is 0 Å². The molecule has 2 radical (unpaired) electrons. The molecule has 0 saturated heterocycles. The fourth-order valence-electron chi connectivity index (χ4n) is 0.426. The van der Waals surface area contributed by atoms with Crippen molar-refractivity contribution < 1.29 is 9.11 Å². The molecule has 0 aromatic carbocycles. The Hall–Kier alpha value is -0.525. The first-order chi connectivity index (χ1) is 4.50. The first-order valence-corrected chi connectivity index (χ1v) is 4.33. The zero-order valence-electron chi connectivity index (χ0n) is 5.30. The van der Waals surface area contributed by atoms with Gasteiger partial charge in [-0.25, -0.2) is 0 Å². The third kappa shape index (κ3) is 1.50. The van der Waals surface area contributed by atoms with Gasteiger partial charge in [0.1, 0.15) is 7.85 Å². The Labute approximate surface area is 60.9 Å². The number of hydrogen-bond donors (Lipinski definition) is 2. The monoisotopic (exact) mass is 159 g/mol. The molecular weight excluding hydrogens is 153 g/mol. The van der Waals surface area contributed by atoms with Crippen LogP contribution in [0.5, 0.6) is 0 Å². The fraction of sp³-hybridized carbons (Fsp3) is 0.333. The molecule has 1 aromatic rings. The molecule has 0 aliphatic rings. The minimum Gasteiger partial charge on any atom is -0.279 e. The van der Waals surface area contributed by atoms with Gasteiger partial charge in [-0.2, -0.15) is 0 Å². The van der Waals surface area contributed by atoms with Crippen molar-refractivity contribution in [3.63, 3.8) is 0 Å². The van der Waals surface area contributed by atoms with Gasteiger partial charge in [-0.05, 0) is 0 Å². The van der Waals surface area contributed by atoms with E-state index in [0.717, 1.165) is 4.20 Å². The van der Waals surface area contributed by atoms with Crippen LogP contribution in [0.3, 0.4) is 0 Å². The van der Waals surface area contributed by atoms with Crippen LogP contribution in [0.2, 0.25) is 0 Å². The quantitative estimate of drug-likeness (QED) is 0.527. The van der Waals surface area contributed by atoms with Crippen LogP contribution in [-0.2, 0) is 0 Å². The van der Waals surface area contributed by atoms with E-state index in [-0.39, 0.29) is 5.59 Å². The van der Waals surface area contributed by atoms with Crippen LogP contribution in [0.1, 0.15) is 0 Å². The summed E-state index contributed by atoms with van der Waals surface area (Å²) in [6, 6.07) is 0. The van der Waals surface area contributed by atoms with Crippen molar-refractivity contribution in [2.45, 2.75) is 0 Å². The van der Waals surface area contributed by atoms with E-state index in [4.69, 9.17) is 17.0 Å². The standard InChI is InChI=1S/C3H6BN3O2S/c1-10(8,9)7-5-2-3(4)6-7/h2,8-9H,1H3. The number of rotatable bonds is 1. The van der Waals surface area contributed by atoms with E-state index in [1.807, 2.05) is 0 Å². The van der Waals surface area contributed by atoms with E-state index in [1.54, 1.807) is 0 Å². The van der Waals surface area contributed by atoms with Crippen LogP contribution in [0, 0.1) is 0 Å². The lowest BCUT2D eigenvalue weighted by Crippen LogP contribution is -2.13. The summed E-state index contributed by atoms with van der Waals surface area (Å²) in [4.78, 5) is 0. The molecule has 0 atom stereocenters. The molecule has 0 spiro atoms. The summed E-state index contributed by atoms with van der Waals surface area (Å²) in [5.41, 5.74) is 0.168. The zero-order chi connectivity index (χ0) is 7.78. The Morgan fingerprint density at radius 1 is 1.70 bits per heavy atom. The molecular formula is C3H6BN3O2S. The highest BCUT2D eigenvalue weighted by molar-refractivity contribution is 8.22. The number of nitrogens with zero attached hydrogens (tertiary/aromatic N) is 3. The van der Waals surface area contributed by atoms with Gasteiger partial charge in [0.25, 0.3) is 0 Å². The van der Waals surface area contributed by atoms with Crippen LogP contribution < -0.4 is 5.59 Å². The van der Waals surface area contributed by atoms with Gasteiger partial charge in [0.2, 0.25) is 0 Å². The van der Waals surface area contributed by atoms with Gasteiger partial charge in [-0.1, -0.05) is 15.0 Å². The number of hydrogen-bond acceptors (Lipinski definition) is 4. The van der Waals surface area contributed by atoms with Crippen molar-refractivity contribution in [1.29, 1.82) is 0 Å². The molecule has 1 rings (SSSR count). The zero-order valence-corrected chi connectivity index (χ0v) is 6.12. The van der Waals surface area contributed by atoms with Gasteiger partial charge >= 0.3 is 0 Å². The second-order valence-electron chi connectivity index (χ2n) is 1.81. The molecule has 5 nitrogen and oxygen atoms in total. The molecule has 1 aromatic heterocycles. The van der Waals surface area contributed by atoms with E-state index in [0.29, 0.717) is 0 Å². The minimum atomic E-state index is -2.87. The first kappa shape index (κ1) is 7.58. The molecule has 0 unspecified atom stereocenters. The highest BCUT2D eigenvalue weighted by Crippen LogP contribution is 2.31. The van der Waals surface area contributed by atoms with Crippen molar-refractivity contribution in [2.75, 3.05) is 6.26 Å². The normalized spacial score (nSPS) is 13.5. The van der Waals surface area contributed by atoms with Crippen LogP contribution in [0.15, 0.2) is 6.20 Å². The molecule has 2 N–H and O–H groups in total. The van der Waals surface area contributed by atoms with Crippen molar-refractivity contribution >= 4 is 24.2 Å².